The van der Waals surface area contributed by atoms with Crippen LogP contribution in [0.15, 0.2) is 24.3 Å². The van der Waals surface area contributed by atoms with Gasteiger partial charge in [0.15, 0.2) is 0 Å². The molecule has 2 rings (SSSR count). The van der Waals surface area contributed by atoms with E-state index in [0.717, 1.165) is 12.2 Å². The fraction of sp³-hybridized carbons (Fsp3) is 0.500. The minimum Gasteiger partial charge on any atom is -0.497 e. The SMILES string of the molecule is COc1cccc(C2CC2NC(=O)C(C)OC)c1. The van der Waals surface area contributed by atoms with Crippen LogP contribution in [0.2, 0.25) is 0 Å². The summed E-state index contributed by atoms with van der Waals surface area (Å²) in [6.07, 6.45) is 0.589. The Morgan fingerprint density at radius 3 is 2.89 bits per heavy atom. The molecule has 0 aromatic heterocycles. The molecule has 1 aromatic rings. The molecule has 1 fully saturated rings. The summed E-state index contributed by atoms with van der Waals surface area (Å²) in [5, 5.41) is 2.99. The summed E-state index contributed by atoms with van der Waals surface area (Å²) < 4.78 is 10.2. The second kappa shape index (κ2) is 5.40. The van der Waals surface area contributed by atoms with Crippen molar-refractivity contribution in [3.05, 3.63) is 29.8 Å². The van der Waals surface area contributed by atoms with E-state index < -0.39 is 6.10 Å². The Kier molecular flexibility index (Phi) is 3.87. The van der Waals surface area contributed by atoms with Gasteiger partial charge in [-0.3, -0.25) is 4.79 Å². The van der Waals surface area contributed by atoms with E-state index in [1.54, 1.807) is 14.0 Å². The summed E-state index contributed by atoms with van der Waals surface area (Å²) in [5.41, 5.74) is 1.21. The van der Waals surface area contributed by atoms with Gasteiger partial charge < -0.3 is 14.8 Å². The number of carbonyl (C=O) groups excluding carboxylic acids is 1. The first-order chi connectivity index (χ1) is 8.65. The van der Waals surface area contributed by atoms with Crippen molar-refractivity contribution in [2.45, 2.75) is 31.4 Å². The molecule has 18 heavy (non-hydrogen) atoms. The minimum absolute atomic E-state index is 0.0482. The Labute approximate surface area is 107 Å². The van der Waals surface area contributed by atoms with Crippen molar-refractivity contribution in [3.8, 4) is 5.75 Å². The number of hydrogen-bond acceptors (Lipinski definition) is 3. The number of amides is 1. The van der Waals surface area contributed by atoms with Gasteiger partial charge in [0.2, 0.25) is 5.91 Å². The minimum atomic E-state index is -0.392. The van der Waals surface area contributed by atoms with Crippen molar-refractivity contribution in [2.75, 3.05) is 14.2 Å². The van der Waals surface area contributed by atoms with Crippen molar-refractivity contribution in [1.82, 2.24) is 5.32 Å². The van der Waals surface area contributed by atoms with Gasteiger partial charge in [-0.25, -0.2) is 0 Å². The van der Waals surface area contributed by atoms with Gasteiger partial charge in [-0.05, 0) is 31.0 Å². The van der Waals surface area contributed by atoms with Crippen molar-refractivity contribution in [2.24, 2.45) is 0 Å². The number of methoxy groups -OCH3 is 2. The van der Waals surface area contributed by atoms with Gasteiger partial charge in [0.1, 0.15) is 11.9 Å². The van der Waals surface area contributed by atoms with Gasteiger partial charge >= 0.3 is 0 Å². The van der Waals surface area contributed by atoms with Gasteiger partial charge in [-0.15, -0.1) is 0 Å². The summed E-state index contributed by atoms with van der Waals surface area (Å²) in [6.45, 7) is 1.75. The van der Waals surface area contributed by atoms with E-state index in [-0.39, 0.29) is 11.9 Å². The quantitative estimate of drug-likeness (QED) is 0.864. The van der Waals surface area contributed by atoms with Crippen LogP contribution < -0.4 is 10.1 Å². The number of ether oxygens (including phenoxy) is 2. The molecule has 98 valence electrons. The monoisotopic (exact) mass is 249 g/mol. The van der Waals surface area contributed by atoms with Crippen LogP contribution in [0, 0.1) is 0 Å². The van der Waals surface area contributed by atoms with Gasteiger partial charge in [0.25, 0.3) is 0 Å². The maximum atomic E-state index is 11.7. The molecule has 1 aliphatic rings. The summed E-state index contributed by atoms with van der Waals surface area (Å²) in [7, 11) is 3.20. The molecule has 3 unspecified atom stereocenters. The number of nitrogens with one attached hydrogen (secondary N) is 1. The first-order valence-corrected chi connectivity index (χ1v) is 6.13. The Bertz CT molecular complexity index is 433. The highest BCUT2D eigenvalue weighted by Crippen LogP contribution is 2.41. The number of carbonyl (C=O) groups is 1. The highest BCUT2D eigenvalue weighted by atomic mass is 16.5. The van der Waals surface area contributed by atoms with Crippen LogP contribution in [0.5, 0.6) is 5.75 Å². The topological polar surface area (TPSA) is 47.6 Å². The maximum absolute atomic E-state index is 11.7. The van der Waals surface area contributed by atoms with E-state index in [2.05, 4.69) is 11.4 Å². The summed E-state index contributed by atoms with van der Waals surface area (Å²) in [6, 6.07) is 8.22. The normalized spacial score (nSPS) is 23.3. The van der Waals surface area contributed by atoms with E-state index in [1.807, 2.05) is 18.2 Å². The van der Waals surface area contributed by atoms with Gasteiger partial charge in [-0.1, -0.05) is 12.1 Å². The Morgan fingerprint density at radius 2 is 2.22 bits per heavy atom. The predicted octanol–water partition coefficient (Wildman–Crippen LogP) is 1.70. The molecule has 0 spiro atoms. The lowest BCUT2D eigenvalue weighted by Crippen LogP contribution is -2.35. The smallest absolute Gasteiger partial charge is 0.249 e. The van der Waals surface area contributed by atoms with E-state index in [4.69, 9.17) is 9.47 Å². The van der Waals surface area contributed by atoms with Crippen molar-refractivity contribution in [3.63, 3.8) is 0 Å². The predicted molar refractivity (Wildman–Crippen MR) is 68.8 cm³/mol. The Balaban J connectivity index is 1.92. The Hall–Kier alpha value is -1.55. The maximum Gasteiger partial charge on any atom is 0.249 e. The highest BCUT2D eigenvalue weighted by Gasteiger charge is 2.40. The third-order valence-electron chi connectivity index (χ3n) is 3.36. The second-order valence-electron chi connectivity index (χ2n) is 4.61. The second-order valence-corrected chi connectivity index (χ2v) is 4.61. The molecule has 0 radical (unpaired) electrons. The number of benzene rings is 1. The first kappa shape index (κ1) is 12.9. The third kappa shape index (κ3) is 2.82. The lowest BCUT2D eigenvalue weighted by molar-refractivity contribution is -0.130. The molecule has 4 nitrogen and oxygen atoms in total. The van der Waals surface area contributed by atoms with E-state index in [0.29, 0.717) is 5.92 Å². The van der Waals surface area contributed by atoms with Gasteiger partial charge in [0.05, 0.1) is 7.11 Å². The molecule has 1 aliphatic carbocycles. The standard InChI is InChI=1S/C14H19NO3/c1-9(17-2)14(16)15-13-8-12(13)10-5-4-6-11(7-10)18-3/h4-7,9,12-13H,8H2,1-3H3,(H,15,16). The molecule has 0 aliphatic heterocycles. The molecule has 1 aromatic carbocycles. The summed E-state index contributed by atoms with van der Waals surface area (Å²) in [5.74, 6) is 1.20. The zero-order valence-electron chi connectivity index (χ0n) is 11.0. The van der Waals surface area contributed by atoms with E-state index >= 15 is 0 Å². The Morgan fingerprint density at radius 1 is 1.44 bits per heavy atom. The van der Waals surface area contributed by atoms with E-state index in [9.17, 15) is 4.79 Å². The van der Waals surface area contributed by atoms with E-state index in [1.165, 1.54) is 12.7 Å². The molecule has 3 atom stereocenters. The molecule has 0 saturated heterocycles. The average Bonchev–Trinajstić information content (AvgIpc) is 3.17. The van der Waals surface area contributed by atoms with Crippen LogP contribution >= 0.6 is 0 Å². The van der Waals surface area contributed by atoms with Gasteiger partial charge in [-0.2, -0.15) is 0 Å². The fourth-order valence-electron chi connectivity index (χ4n) is 2.00. The number of rotatable bonds is 5. The third-order valence-corrected chi connectivity index (χ3v) is 3.36. The number of hydrogen-bond donors (Lipinski definition) is 1. The van der Waals surface area contributed by atoms with Gasteiger partial charge in [0, 0.05) is 19.1 Å². The van der Waals surface area contributed by atoms with Crippen molar-refractivity contribution in [1.29, 1.82) is 0 Å². The van der Waals surface area contributed by atoms with Crippen LogP contribution in [0.1, 0.15) is 24.8 Å². The summed E-state index contributed by atoms with van der Waals surface area (Å²) >= 11 is 0. The average molecular weight is 249 g/mol. The molecular formula is C14H19NO3. The van der Waals surface area contributed by atoms with Crippen LogP contribution in [0.25, 0.3) is 0 Å². The molecule has 1 amide bonds. The first-order valence-electron chi connectivity index (χ1n) is 6.13. The molecule has 1 N–H and O–H groups in total. The van der Waals surface area contributed by atoms with Crippen molar-refractivity contribution < 1.29 is 14.3 Å². The molecule has 4 heteroatoms. The lowest BCUT2D eigenvalue weighted by Gasteiger charge is -2.10. The fourth-order valence-corrected chi connectivity index (χ4v) is 2.00. The zero-order chi connectivity index (χ0) is 13.1. The molecular weight excluding hydrogens is 230 g/mol. The highest BCUT2D eigenvalue weighted by molar-refractivity contribution is 5.81. The molecule has 0 bridgehead atoms. The lowest BCUT2D eigenvalue weighted by atomic mass is 10.1. The van der Waals surface area contributed by atoms with Crippen molar-refractivity contribution >= 4 is 5.91 Å². The van der Waals surface area contributed by atoms with Crippen LogP contribution in [-0.4, -0.2) is 32.3 Å². The largest absolute Gasteiger partial charge is 0.497 e. The van der Waals surface area contributed by atoms with Crippen LogP contribution in [-0.2, 0) is 9.53 Å². The van der Waals surface area contributed by atoms with Crippen LogP contribution in [0.4, 0.5) is 0 Å². The summed E-state index contributed by atoms with van der Waals surface area (Å²) in [4.78, 5) is 11.7. The van der Waals surface area contributed by atoms with Crippen LogP contribution in [0.3, 0.4) is 0 Å². The molecule has 1 saturated carbocycles. The molecule has 0 heterocycles. The zero-order valence-corrected chi connectivity index (χ0v) is 11.0.